The maximum absolute atomic E-state index is 13.7. The number of nitrogens with one attached hydrogen (secondary N) is 1. The van der Waals surface area contributed by atoms with Crippen molar-refractivity contribution in [2.45, 2.75) is 50.0 Å². The lowest BCUT2D eigenvalue weighted by molar-refractivity contribution is -0.128. The summed E-state index contributed by atoms with van der Waals surface area (Å²) in [6.45, 7) is 5.60. The van der Waals surface area contributed by atoms with Crippen LogP contribution in [0.3, 0.4) is 0 Å². The molecule has 0 unspecified atom stereocenters. The van der Waals surface area contributed by atoms with Crippen LogP contribution in [-0.4, -0.2) is 67.7 Å². The summed E-state index contributed by atoms with van der Waals surface area (Å²) in [5.74, 6) is -0.217. The molecule has 0 aromatic heterocycles. The van der Waals surface area contributed by atoms with E-state index in [0.29, 0.717) is 49.6 Å². The van der Waals surface area contributed by atoms with Gasteiger partial charge in [0, 0.05) is 26.2 Å². The molecule has 1 N–H and O–H groups in total. The summed E-state index contributed by atoms with van der Waals surface area (Å²) in [5, 5.41) is 3.01. The largest absolute Gasteiger partial charge is 0.322 e. The summed E-state index contributed by atoms with van der Waals surface area (Å²) in [6, 6.07) is 12.7. The van der Waals surface area contributed by atoms with Crippen LogP contribution < -0.4 is 10.2 Å². The third-order valence-corrected chi connectivity index (χ3v) is 9.62. The predicted octanol–water partition coefficient (Wildman–Crippen LogP) is 2.91. The van der Waals surface area contributed by atoms with Crippen molar-refractivity contribution >= 4 is 33.2 Å². The molecule has 2 amide bonds. The second-order valence-corrected chi connectivity index (χ2v) is 11.8. The number of piperazine rings is 1. The number of amides is 2. The molecule has 2 aromatic carbocycles. The van der Waals surface area contributed by atoms with E-state index in [-0.39, 0.29) is 18.4 Å². The van der Waals surface area contributed by atoms with Crippen molar-refractivity contribution in [3.8, 4) is 0 Å². The first-order valence-electron chi connectivity index (χ1n) is 12.3. The van der Waals surface area contributed by atoms with Gasteiger partial charge in [0.15, 0.2) is 0 Å². The highest BCUT2D eigenvalue weighted by Gasteiger charge is 2.52. The first kappa shape index (κ1) is 24.0. The Kier molecular flexibility index (Phi) is 6.19. The van der Waals surface area contributed by atoms with Crippen LogP contribution in [0.2, 0.25) is 0 Å². The molecule has 2 aliphatic heterocycles. The van der Waals surface area contributed by atoms with E-state index >= 15 is 0 Å². The fourth-order valence-electron chi connectivity index (χ4n) is 5.54. The molecule has 5 rings (SSSR count). The number of carbonyl (C=O) groups excluding carboxylic acids is 2. The van der Waals surface area contributed by atoms with Gasteiger partial charge in [0.25, 0.3) is 5.91 Å². The van der Waals surface area contributed by atoms with Gasteiger partial charge in [0.1, 0.15) is 5.54 Å². The summed E-state index contributed by atoms with van der Waals surface area (Å²) in [7, 11) is -3.58. The summed E-state index contributed by atoms with van der Waals surface area (Å²) < 4.78 is 27.8. The molecule has 9 heteroatoms. The van der Waals surface area contributed by atoms with Crippen LogP contribution in [0.15, 0.2) is 47.4 Å². The van der Waals surface area contributed by atoms with Crippen LogP contribution in [0.4, 0.5) is 11.4 Å². The zero-order valence-electron chi connectivity index (χ0n) is 20.3. The SMILES string of the molecule is Cc1ccc(S(=O)(=O)N2CCN(CC(=O)N3c4ccccc4NC(=O)C34CCCC4)CC2)cc1C. The van der Waals surface area contributed by atoms with E-state index < -0.39 is 15.6 Å². The molecule has 186 valence electrons. The molecule has 2 heterocycles. The standard InChI is InChI=1S/C26H32N4O4S/c1-19-9-10-21(17-20(19)2)35(33,34)29-15-13-28(14-16-29)18-24(31)30-23-8-4-3-7-22(23)27-25(32)26(30)11-5-6-12-26/h3-4,7-10,17H,5-6,11-16,18H2,1-2H3,(H,27,32). The summed E-state index contributed by atoms with van der Waals surface area (Å²) in [4.78, 5) is 30.8. The molecule has 8 nitrogen and oxygen atoms in total. The van der Waals surface area contributed by atoms with Gasteiger partial charge in [-0.1, -0.05) is 31.0 Å². The first-order chi connectivity index (χ1) is 16.7. The molecule has 35 heavy (non-hydrogen) atoms. The van der Waals surface area contributed by atoms with Gasteiger partial charge in [-0.15, -0.1) is 0 Å². The van der Waals surface area contributed by atoms with E-state index in [2.05, 4.69) is 5.32 Å². The second kappa shape index (κ2) is 9.04. The van der Waals surface area contributed by atoms with Gasteiger partial charge in [-0.3, -0.25) is 19.4 Å². The first-order valence-corrected chi connectivity index (χ1v) is 13.7. The number of benzene rings is 2. The van der Waals surface area contributed by atoms with Gasteiger partial charge in [-0.2, -0.15) is 4.31 Å². The lowest BCUT2D eigenvalue weighted by Gasteiger charge is -2.45. The van der Waals surface area contributed by atoms with Crippen molar-refractivity contribution < 1.29 is 18.0 Å². The van der Waals surface area contributed by atoms with Crippen LogP contribution in [-0.2, 0) is 19.6 Å². The van der Waals surface area contributed by atoms with Gasteiger partial charge >= 0.3 is 0 Å². The number of carbonyl (C=O) groups is 2. The van der Waals surface area contributed by atoms with Gasteiger partial charge in [-0.05, 0) is 62.1 Å². The van der Waals surface area contributed by atoms with Crippen LogP contribution in [0.25, 0.3) is 0 Å². The minimum Gasteiger partial charge on any atom is -0.322 e. The topological polar surface area (TPSA) is 90.0 Å². The summed E-state index contributed by atoms with van der Waals surface area (Å²) in [5.41, 5.74) is 2.57. The minimum absolute atomic E-state index is 0.105. The number of fused-ring (bicyclic) bond motifs is 1. The van der Waals surface area contributed by atoms with Gasteiger partial charge in [-0.25, -0.2) is 8.42 Å². The van der Waals surface area contributed by atoms with Crippen LogP contribution in [0.1, 0.15) is 36.8 Å². The number of anilines is 2. The molecule has 1 saturated heterocycles. The van der Waals surface area contributed by atoms with E-state index in [4.69, 9.17) is 0 Å². The average Bonchev–Trinajstić information content (AvgIpc) is 3.32. The fraction of sp³-hybridized carbons (Fsp3) is 0.462. The fourth-order valence-corrected chi connectivity index (χ4v) is 7.05. The Morgan fingerprint density at radius 3 is 2.34 bits per heavy atom. The van der Waals surface area contributed by atoms with Crippen molar-refractivity contribution in [2.75, 3.05) is 42.9 Å². The Balaban J connectivity index is 1.30. The second-order valence-electron chi connectivity index (χ2n) is 9.87. The summed E-state index contributed by atoms with van der Waals surface area (Å²) >= 11 is 0. The lowest BCUT2D eigenvalue weighted by Crippen LogP contribution is -2.62. The van der Waals surface area contributed by atoms with Crippen LogP contribution in [0, 0.1) is 13.8 Å². The van der Waals surface area contributed by atoms with Crippen molar-refractivity contribution in [2.24, 2.45) is 0 Å². The molecule has 1 spiro atoms. The third kappa shape index (κ3) is 4.15. The Morgan fingerprint density at radius 2 is 1.66 bits per heavy atom. The number of hydrogen-bond donors (Lipinski definition) is 1. The predicted molar refractivity (Wildman–Crippen MR) is 135 cm³/mol. The lowest BCUT2D eigenvalue weighted by atomic mass is 9.89. The molecule has 0 atom stereocenters. The zero-order chi connectivity index (χ0) is 24.8. The highest BCUT2D eigenvalue weighted by molar-refractivity contribution is 7.89. The number of aryl methyl sites for hydroxylation is 2. The average molecular weight is 497 g/mol. The van der Waals surface area contributed by atoms with Crippen LogP contribution in [0.5, 0.6) is 0 Å². The summed E-state index contributed by atoms with van der Waals surface area (Å²) in [6.07, 6.45) is 3.13. The van der Waals surface area contributed by atoms with Crippen molar-refractivity contribution in [1.82, 2.24) is 9.21 Å². The van der Waals surface area contributed by atoms with Crippen molar-refractivity contribution in [3.05, 3.63) is 53.6 Å². The number of sulfonamides is 1. The Labute approximate surface area is 206 Å². The monoisotopic (exact) mass is 496 g/mol. The highest BCUT2D eigenvalue weighted by Crippen LogP contribution is 2.45. The van der Waals surface area contributed by atoms with Crippen molar-refractivity contribution in [3.63, 3.8) is 0 Å². The molecule has 0 radical (unpaired) electrons. The Morgan fingerprint density at radius 1 is 0.971 bits per heavy atom. The van der Waals surface area contributed by atoms with E-state index in [1.165, 1.54) is 4.31 Å². The normalized spacial score (nSPS) is 20.6. The Bertz CT molecular complexity index is 1260. The van der Waals surface area contributed by atoms with Gasteiger partial charge in [0.05, 0.1) is 22.8 Å². The number of para-hydroxylation sites is 2. The van der Waals surface area contributed by atoms with Gasteiger partial charge in [0.2, 0.25) is 15.9 Å². The quantitative estimate of drug-likeness (QED) is 0.703. The maximum atomic E-state index is 13.7. The molecule has 2 aromatic rings. The number of hydrogen-bond acceptors (Lipinski definition) is 5. The van der Waals surface area contributed by atoms with E-state index in [0.717, 1.165) is 29.7 Å². The molecule has 2 fully saturated rings. The molecule has 3 aliphatic rings. The molecule has 1 saturated carbocycles. The zero-order valence-corrected chi connectivity index (χ0v) is 21.1. The highest BCUT2D eigenvalue weighted by atomic mass is 32.2. The molecular formula is C26H32N4O4S. The van der Waals surface area contributed by atoms with E-state index in [9.17, 15) is 18.0 Å². The number of nitrogens with zero attached hydrogens (tertiary/aromatic N) is 3. The van der Waals surface area contributed by atoms with Crippen molar-refractivity contribution in [1.29, 1.82) is 0 Å². The molecule has 1 aliphatic carbocycles. The van der Waals surface area contributed by atoms with E-state index in [1.807, 2.05) is 49.1 Å². The maximum Gasteiger partial charge on any atom is 0.250 e. The van der Waals surface area contributed by atoms with E-state index in [1.54, 1.807) is 17.0 Å². The minimum atomic E-state index is -3.58. The molecular weight excluding hydrogens is 464 g/mol. The third-order valence-electron chi connectivity index (χ3n) is 7.73. The molecule has 0 bridgehead atoms. The number of rotatable bonds is 4. The van der Waals surface area contributed by atoms with Crippen LogP contribution >= 0.6 is 0 Å². The smallest absolute Gasteiger partial charge is 0.250 e. The van der Waals surface area contributed by atoms with Gasteiger partial charge < -0.3 is 5.32 Å². The Hall–Kier alpha value is -2.75.